The SMILES string of the molecule is C=C[C@@]1(C)COC2(CCCCC2)O[C@@H]1C(C)(C)C. The van der Waals surface area contributed by atoms with Crippen molar-refractivity contribution in [3.63, 3.8) is 0 Å². The van der Waals surface area contributed by atoms with Gasteiger partial charge < -0.3 is 9.47 Å². The van der Waals surface area contributed by atoms with Crippen LogP contribution in [-0.4, -0.2) is 18.5 Å². The molecule has 2 atom stereocenters. The second-order valence-electron chi connectivity index (χ2n) is 7.33. The molecule has 0 radical (unpaired) electrons. The molecule has 1 spiro atoms. The van der Waals surface area contributed by atoms with Gasteiger partial charge in [0, 0.05) is 18.3 Å². The van der Waals surface area contributed by atoms with Gasteiger partial charge in [-0.05, 0) is 18.3 Å². The highest BCUT2D eigenvalue weighted by Gasteiger charge is 2.51. The van der Waals surface area contributed by atoms with Crippen LogP contribution in [0.2, 0.25) is 0 Å². The van der Waals surface area contributed by atoms with E-state index in [0.29, 0.717) is 0 Å². The Hall–Kier alpha value is -0.340. The minimum Gasteiger partial charge on any atom is -0.349 e. The van der Waals surface area contributed by atoms with Crippen LogP contribution in [0.15, 0.2) is 12.7 Å². The number of hydrogen-bond donors (Lipinski definition) is 0. The Morgan fingerprint density at radius 3 is 2.28 bits per heavy atom. The van der Waals surface area contributed by atoms with Crippen molar-refractivity contribution in [2.75, 3.05) is 6.61 Å². The van der Waals surface area contributed by atoms with E-state index in [9.17, 15) is 0 Å². The van der Waals surface area contributed by atoms with Crippen molar-refractivity contribution >= 4 is 0 Å². The normalized spacial score (nSPS) is 36.6. The molecule has 18 heavy (non-hydrogen) atoms. The molecule has 0 aromatic rings. The largest absolute Gasteiger partial charge is 0.349 e. The first-order valence-electron chi connectivity index (χ1n) is 7.27. The highest BCUT2D eigenvalue weighted by Crippen LogP contribution is 2.48. The van der Waals surface area contributed by atoms with E-state index in [1.54, 1.807) is 0 Å². The highest BCUT2D eigenvalue weighted by atomic mass is 16.7. The van der Waals surface area contributed by atoms with Crippen LogP contribution in [0.4, 0.5) is 0 Å². The summed E-state index contributed by atoms with van der Waals surface area (Å²) in [6.45, 7) is 13.7. The molecule has 2 aliphatic rings. The maximum Gasteiger partial charge on any atom is 0.168 e. The minimum atomic E-state index is -0.307. The molecule has 0 N–H and O–H groups in total. The van der Waals surface area contributed by atoms with Crippen LogP contribution in [0.5, 0.6) is 0 Å². The molecule has 0 unspecified atom stereocenters. The second kappa shape index (κ2) is 4.64. The quantitative estimate of drug-likeness (QED) is 0.648. The molecule has 1 aliphatic carbocycles. The van der Waals surface area contributed by atoms with E-state index in [4.69, 9.17) is 9.47 Å². The van der Waals surface area contributed by atoms with Crippen molar-refractivity contribution in [1.82, 2.24) is 0 Å². The van der Waals surface area contributed by atoms with E-state index in [2.05, 4.69) is 34.3 Å². The molecule has 2 heteroatoms. The van der Waals surface area contributed by atoms with Crippen molar-refractivity contribution in [2.24, 2.45) is 10.8 Å². The predicted octanol–water partition coefficient (Wildman–Crippen LogP) is 4.30. The highest BCUT2D eigenvalue weighted by molar-refractivity contribution is 5.05. The second-order valence-corrected chi connectivity index (χ2v) is 7.33. The lowest BCUT2D eigenvalue weighted by atomic mass is 9.71. The Balaban J connectivity index is 2.23. The van der Waals surface area contributed by atoms with E-state index in [0.717, 1.165) is 19.4 Å². The molecule has 2 nitrogen and oxygen atoms in total. The van der Waals surface area contributed by atoms with Crippen LogP contribution in [-0.2, 0) is 9.47 Å². The fourth-order valence-electron chi connectivity index (χ4n) is 3.43. The summed E-state index contributed by atoms with van der Waals surface area (Å²) < 4.78 is 12.6. The third-order valence-corrected chi connectivity index (χ3v) is 4.45. The van der Waals surface area contributed by atoms with Gasteiger partial charge in [0.05, 0.1) is 12.7 Å². The fraction of sp³-hybridized carbons (Fsp3) is 0.875. The van der Waals surface area contributed by atoms with Gasteiger partial charge in [0.15, 0.2) is 5.79 Å². The number of ether oxygens (including phenoxy) is 2. The van der Waals surface area contributed by atoms with Gasteiger partial charge in [-0.15, -0.1) is 6.58 Å². The zero-order valence-electron chi connectivity index (χ0n) is 12.4. The lowest BCUT2D eigenvalue weighted by Crippen LogP contribution is -2.58. The predicted molar refractivity (Wildman–Crippen MR) is 74.4 cm³/mol. The van der Waals surface area contributed by atoms with E-state index in [-0.39, 0.29) is 22.7 Å². The Labute approximate surface area is 112 Å². The molecule has 104 valence electrons. The summed E-state index contributed by atoms with van der Waals surface area (Å²) in [6, 6.07) is 0. The molecule has 1 aliphatic heterocycles. The summed E-state index contributed by atoms with van der Waals surface area (Å²) in [4.78, 5) is 0. The molecule has 0 aromatic carbocycles. The van der Waals surface area contributed by atoms with Crippen molar-refractivity contribution in [3.8, 4) is 0 Å². The van der Waals surface area contributed by atoms with Crippen molar-refractivity contribution < 1.29 is 9.47 Å². The lowest BCUT2D eigenvalue weighted by Gasteiger charge is -2.54. The van der Waals surface area contributed by atoms with Gasteiger partial charge in [0.25, 0.3) is 0 Å². The summed E-state index contributed by atoms with van der Waals surface area (Å²) >= 11 is 0. The first-order valence-corrected chi connectivity index (χ1v) is 7.27. The molecule has 1 saturated heterocycles. The summed E-state index contributed by atoms with van der Waals surface area (Å²) in [5.74, 6) is -0.307. The Morgan fingerprint density at radius 2 is 1.78 bits per heavy atom. The molecular weight excluding hydrogens is 224 g/mol. The van der Waals surface area contributed by atoms with Crippen molar-refractivity contribution in [2.45, 2.75) is 71.7 Å². The van der Waals surface area contributed by atoms with Crippen LogP contribution < -0.4 is 0 Å². The van der Waals surface area contributed by atoms with Gasteiger partial charge in [-0.3, -0.25) is 0 Å². The van der Waals surface area contributed by atoms with Gasteiger partial charge >= 0.3 is 0 Å². The third-order valence-electron chi connectivity index (χ3n) is 4.45. The minimum absolute atomic E-state index is 0.0824. The standard InChI is InChI=1S/C16H28O2/c1-6-15(5)12-17-16(10-8-7-9-11-16)18-13(15)14(2,3)4/h6,13H,1,7-12H2,2-5H3/t13-,15+/m1/s1. The van der Waals surface area contributed by atoms with Crippen LogP contribution >= 0.6 is 0 Å². The number of hydrogen-bond acceptors (Lipinski definition) is 2. The van der Waals surface area contributed by atoms with E-state index in [1.165, 1.54) is 19.3 Å². The summed E-state index contributed by atoms with van der Waals surface area (Å²) in [7, 11) is 0. The maximum atomic E-state index is 6.49. The fourth-order valence-corrected chi connectivity index (χ4v) is 3.43. The molecular formula is C16H28O2. The van der Waals surface area contributed by atoms with Crippen LogP contribution in [0.25, 0.3) is 0 Å². The molecule has 2 rings (SSSR count). The Bertz CT molecular complexity index is 310. The van der Waals surface area contributed by atoms with Crippen LogP contribution in [0.1, 0.15) is 59.8 Å². The first-order chi connectivity index (χ1) is 8.31. The molecule has 2 fully saturated rings. The zero-order chi connectivity index (χ0) is 13.4. The average Bonchev–Trinajstić information content (AvgIpc) is 2.33. The maximum absolute atomic E-state index is 6.49. The van der Waals surface area contributed by atoms with Gasteiger partial charge in [-0.25, -0.2) is 0 Å². The van der Waals surface area contributed by atoms with E-state index >= 15 is 0 Å². The smallest absolute Gasteiger partial charge is 0.168 e. The molecule has 0 aromatic heterocycles. The monoisotopic (exact) mass is 252 g/mol. The summed E-state index contributed by atoms with van der Waals surface area (Å²) in [5, 5.41) is 0. The molecule has 0 bridgehead atoms. The van der Waals surface area contributed by atoms with Crippen molar-refractivity contribution in [3.05, 3.63) is 12.7 Å². The molecule has 0 amide bonds. The van der Waals surface area contributed by atoms with Gasteiger partial charge in [0.2, 0.25) is 0 Å². The zero-order valence-corrected chi connectivity index (χ0v) is 12.4. The third kappa shape index (κ3) is 2.50. The van der Waals surface area contributed by atoms with E-state index < -0.39 is 0 Å². The van der Waals surface area contributed by atoms with Gasteiger partial charge in [0.1, 0.15) is 0 Å². The summed E-state index contributed by atoms with van der Waals surface area (Å²) in [5.41, 5.74) is 0.0259. The Morgan fingerprint density at radius 1 is 1.17 bits per heavy atom. The Kier molecular flexibility index (Phi) is 3.63. The summed E-state index contributed by atoms with van der Waals surface area (Å²) in [6.07, 6.45) is 8.05. The number of rotatable bonds is 1. The van der Waals surface area contributed by atoms with Crippen LogP contribution in [0, 0.1) is 10.8 Å². The van der Waals surface area contributed by atoms with E-state index in [1.807, 2.05) is 6.08 Å². The topological polar surface area (TPSA) is 18.5 Å². The first kappa shape index (κ1) is 14.1. The average molecular weight is 252 g/mol. The van der Waals surface area contributed by atoms with Gasteiger partial charge in [-0.2, -0.15) is 0 Å². The van der Waals surface area contributed by atoms with Crippen molar-refractivity contribution in [1.29, 1.82) is 0 Å². The molecule has 1 heterocycles. The lowest BCUT2D eigenvalue weighted by molar-refractivity contribution is -0.349. The van der Waals surface area contributed by atoms with Gasteiger partial charge in [-0.1, -0.05) is 40.2 Å². The van der Waals surface area contributed by atoms with Crippen LogP contribution in [0.3, 0.4) is 0 Å². The molecule has 1 saturated carbocycles.